The van der Waals surface area contributed by atoms with Crippen molar-refractivity contribution in [3.05, 3.63) is 0 Å². The second-order valence-electron chi connectivity index (χ2n) is 5.36. The molecule has 0 aromatic carbocycles. The van der Waals surface area contributed by atoms with E-state index in [1.54, 1.807) is 0 Å². The van der Waals surface area contributed by atoms with Crippen molar-refractivity contribution >= 4 is 0 Å². The second kappa shape index (κ2) is 13.4. The predicted octanol–water partition coefficient (Wildman–Crippen LogP) is 4.55. The Morgan fingerprint density at radius 1 is 0.944 bits per heavy atom. The Balaban J connectivity index is 3.99. The molecule has 0 spiro atoms. The van der Waals surface area contributed by atoms with Crippen molar-refractivity contribution in [2.45, 2.75) is 84.7 Å². The minimum Gasteiger partial charge on any atom is -0.394 e. The zero-order valence-corrected chi connectivity index (χ0v) is 12.8. The number of hydrogen-bond acceptors (Lipinski definition) is 2. The molecule has 0 heterocycles. The smallest absolute Gasteiger partial charge is 0.0701 e. The lowest BCUT2D eigenvalue weighted by molar-refractivity contribution is 0.00793. The average Bonchev–Trinajstić information content (AvgIpc) is 2.40. The van der Waals surface area contributed by atoms with Gasteiger partial charge in [0.2, 0.25) is 0 Å². The van der Waals surface area contributed by atoms with Crippen molar-refractivity contribution < 1.29 is 9.84 Å². The summed E-state index contributed by atoms with van der Waals surface area (Å²) in [4.78, 5) is 0. The molecular formula is C16H34O2. The van der Waals surface area contributed by atoms with E-state index in [0.29, 0.717) is 12.7 Å². The molecule has 0 saturated carbocycles. The molecular weight excluding hydrogens is 224 g/mol. The molecule has 0 bridgehead atoms. The Morgan fingerprint density at radius 2 is 1.67 bits per heavy atom. The highest BCUT2D eigenvalue weighted by molar-refractivity contribution is 4.66. The summed E-state index contributed by atoms with van der Waals surface area (Å²) < 4.78 is 5.80. The molecule has 0 aromatic heterocycles. The second-order valence-corrected chi connectivity index (χ2v) is 5.36. The Morgan fingerprint density at radius 3 is 2.22 bits per heavy atom. The van der Waals surface area contributed by atoms with Crippen LogP contribution in [0.5, 0.6) is 0 Å². The van der Waals surface area contributed by atoms with Crippen molar-refractivity contribution in [3.8, 4) is 0 Å². The van der Waals surface area contributed by atoms with Gasteiger partial charge in [0.05, 0.1) is 19.3 Å². The van der Waals surface area contributed by atoms with E-state index in [-0.39, 0.29) is 6.61 Å². The molecule has 110 valence electrons. The van der Waals surface area contributed by atoms with Gasteiger partial charge in [-0.1, -0.05) is 65.7 Å². The fourth-order valence-corrected chi connectivity index (χ4v) is 2.46. The van der Waals surface area contributed by atoms with E-state index >= 15 is 0 Å². The number of ether oxygens (including phenoxy) is 1. The highest BCUT2D eigenvalue weighted by atomic mass is 16.5. The third kappa shape index (κ3) is 9.90. The van der Waals surface area contributed by atoms with E-state index in [1.807, 2.05) is 0 Å². The van der Waals surface area contributed by atoms with E-state index in [0.717, 1.165) is 12.3 Å². The van der Waals surface area contributed by atoms with Gasteiger partial charge in [-0.15, -0.1) is 0 Å². The molecule has 0 radical (unpaired) electrons. The van der Waals surface area contributed by atoms with Gasteiger partial charge in [0.25, 0.3) is 0 Å². The Hall–Kier alpha value is -0.0800. The van der Waals surface area contributed by atoms with Crippen molar-refractivity contribution in [2.24, 2.45) is 5.92 Å². The standard InChI is InChI=1S/C16H34O2/c1-4-7-9-11-16(18-13-12-17)14-15(6-3)10-8-5-2/h15-17H,4-14H2,1-3H3. The molecule has 2 nitrogen and oxygen atoms in total. The lowest BCUT2D eigenvalue weighted by Gasteiger charge is -2.23. The average molecular weight is 258 g/mol. The van der Waals surface area contributed by atoms with E-state index in [1.165, 1.54) is 51.4 Å². The first-order chi connectivity index (χ1) is 8.78. The number of rotatable bonds is 13. The predicted molar refractivity (Wildman–Crippen MR) is 78.9 cm³/mol. The summed E-state index contributed by atoms with van der Waals surface area (Å²) in [6, 6.07) is 0. The van der Waals surface area contributed by atoms with Crippen molar-refractivity contribution in [1.29, 1.82) is 0 Å². The van der Waals surface area contributed by atoms with Crippen molar-refractivity contribution in [3.63, 3.8) is 0 Å². The minimum atomic E-state index is 0.149. The summed E-state index contributed by atoms with van der Waals surface area (Å²) in [5.74, 6) is 0.801. The van der Waals surface area contributed by atoms with E-state index in [2.05, 4.69) is 20.8 Å². The minimum absolute atomic E-state index is 0.149. The van der Waals surface area contributed by atoms with Crippen LogP contribution in [0.2, 0.25) is 0 Å². The van der Waals surface area contributed by atoms with Crippen LogP contribution in [0.3, 0.4) is 0 Å². The molecule has 1 N–H and O–H groups in total. The lowest BCUT2D eigenvalue weighted by atomic mass is 9.91. The van der Waals surface area contributed by atoms with E-state index in [9.17, 15) is 0 Å². The van der Waals surface area contributed by atoms with Gasteiger partial charge in [0.1, 0.15) is 0 Å². The molecule has 18 heavy (non-hydrogen) atoms. The molecule has 0 fully saturated rings. The van der Waals surface area contributed by atoms with Gasteiger partial charge in [-0.3, -0.25) is 0 Å². The number of aliphatic hydroxyl groups is 1. The van der Waals surface area contributed by atoms with Gasteiger partial charge in [0.15, 0.2) is 0 Å². The van der Waals surface area contributed by atoms with Crippen LogP contribution in [-0.4, -0.2) is 24.4 Å². The third-order valence-corrected chi connectivity index (χ3v) is 3.71. The fourth-order valence-electron chi connectivity index (χ4n) is 2.46. The van der Waals surface area contributed by atoms with Crippen LogP contribution < -0.4 is 0 Å². The number of hydrogen-bond donors (Lipinski definition) is 1. The van der Waals surface area contributed by atoms with Crippen LogP contribution >= 0.6 is 0 Å². The summed E-state index contributed by atoms with van der Waals surface area (Å²) in [5, 5.41) is 8.89. The highest BCUT2D eigenvalue weighted by Crippen LogP contribution is 2.22. The zero-order valence-electron chi connectivity index (χ0n) is 12.8. The maximum atomic E-state index is 8.89. The van der Waals surface area contributed by atoms with Crippen molar-refractivity contribution in [2.75, 3.05) is 13.2 Å². The largest absolute Gasteiger partial charge is 0.394 e. The van der Waals surface area contributed by atoms with E-state index < -0.39 is 0 Å². The first-order valence-corrected chi connectivity index (χ1v) is 8.00. The molecule has 0 aliphatic heterocycles. The molecule has 0 rings (SSSR count). The molecule has 0 amide bonds. The monoisotopic (exact) mass is 258 g/mol. The maximum Gasteiger partial charge on any atom is 0.0701 e. The Labute approximate surface area is 114 Å². The quantitative estimate of drug-likeness (QED) is 0.491. The van der Waals surface area contributed by atoms with Crippen LogP contribution in [-0.2, 0) is 4.74 Å². The van der Waals surface area contributed by atoms with Gasteiger partial charge in [0, 0.05) is 0 Å². The maximum absolute atomic E-state index is 8.89. The van der Waals surface area contributed by atoms with Gasteiger partial charge >= 0.3 is 0 Å². The first kappa shape index (κ1) is 17.9. The van der Waals surface area contributed by atoms with Gasteiger partial charge < -0.3 is 9.84 Å². The van der Waals surface area contributed by atoms with Gasteiger partial charge in [-0.2, -0.15) is 0 Å². The molecule has 0 aromatic rings. The molecule has 0 saturated heterocycles. The van der Waals surface area contributed by atoms with Gasteiger partial charge in [-0.25, -0.2) is 0 Å². The zero-order chi connectivity index (χ0) is 13.6. The van der Waals surface area contributed by atoms with Crippen molar-refractivity contribution in [1.82, 2.24) is 0 Å². The molecule has 2 atom stereocenters. The van der Waals surface area contributed by atoms with Crippen LogP contribution in [0.1, 0.15) is 78.6 Å². The SMILES string of the molecule is CCCCCC(CC(CC)CCCC)OCCO. The highest BCUT2D eigenvalue weighted by Gasteiger charge is 2.15. The van der Waals surface area contributed by atoms with Crippen LogP contribution in [0.25, 0.3) is 0 Å². The normalized spacial score (nSPS) is 14.7. The molecule has 2 heteroatoms. The number of aliphatic hydroxyl groups excluding tert-OH is 1. The summed E-state index contributed by atoms with van der Waals surface area (Å²) in [7, 11) is 0. The first-order valence-electron chi connectivity index (χ1n) is 8.00. The molecule has 0 aliphatic carbocycles. The van der Waals surface area contributed by atoms with Crippen LogP contribution in [0.4, 0.5) is 0 Å². The van der Waals surface area contributed by atoms with E-state index in [4.69, 9.17) is 9.84 Å². The lowest BCUT2D eigenvalue weighted by Crippen LogP contribution is -2.19. The fraction of sp³-hybridized carbons (Fsp3) is 1.00. The molecule has 2 unspecified atom stereocenters. The summed E-state index contributed by atoms with van der Waals surface area (Å²) >= 11 is 0. The summed E-state index contributed by atoms with van der Waals surface area (Å²) in [6.07, 6.45) is 11.7. The number of unbranched alkanes of at least 4 members (excludes halogenated alkanes) is 3. The Kier molecular flexibility index (Phi) is 13.3. The third-order valence-electron chi connectivity index (χ3n) is 3.71. The topological polar surface area (TPSA) is 29.5 Å². The Bertz CT molecular complexity index is 159. The van der Waals surface area contributed by atoms with Crippen LogP contribution in [0.15, 0.2) is 0 Å². The van der Waals surface area contributed by atoms with Gasteiger partial charge in [-0.05, 0) is 18.8 Å². The summed E-state index contributed by atoms with van der Waals surface area (Å²) in [6.45, 7) is 7.43. The van der Waals surface area contributed by atoms with Crippen LogP contribution in [0, 0.1) is 5.92 Å². The molecule has 0 aliphatic rings. The summed E-state index contributed by atoms with van der Waals surface area (Å²) in [5.41, 5.74) is 0.